The number of carbonyl (C=O) groups excluding carboxylic acids is 1. The Balaban J connectivity index is 2.52. The molecule has 0 spiro atoms. The lowest BCUT2D eigenvalue weighted by Gasteiger charge is -2.16. The van der Waals surface area contributed by atoms with E-state index in [1.165, 1.54) is 6.21 Å². The summed E-state index contributed by atoms with van der Waals surface area (Å²) in [5.74, 6) is 1.35. The van der Waals surface area contributed by atoms with E-state index in [4.69, 9.17) is 0 Å². The maximum absolute atomic E-state index is 11.0. The number of Topliss-reactive ketones (excluding diaryl/α,β-unsaturated/α-hetero) is 1. The molecule has 0 bridgehead atoms. The minimum Gasteiger partial charge on any atom is -0.293 e. The number of ketones is 1. The van der Waals surface area contributed by atoms with Gasteiger partial charge in [0.1, 0.15) is 0 Å². The molecule has 62 valence electrons. The molecule has 0 aromatic rings. The lowest BCUT2D eigenvalue weighted by molar-refractivity contribution is -0.113. The molecular weight excluding hydrogens is 138 g/mol. The molecule has 0 aromatic carbocycles. The van der Waals surface area contributed by atoms with Crippen molar-refractivity contribution in [2.24, 2.45) is 16.8 Å². The van der Waals surface area contributed by atoms with Gasteiger partial charge in [0.05, 0.1) is 6.21 Å². The number of nitrogens with zero attached hydrogens (tertiary/aromatic N) is 1. The number of rotatable bonds is 1. The van der Waals surface area contributed by atoms with Crippen LogP contribution >= 0.6 is 0 Å². The molecule has 2 nitrogen and oxygen atoms in total. The second kappa shape index (κ2) is 3.65. The van der Waals surface area contributed by atoms with Gasteiger partial charge in [0, 0.05) is 13.0 Å². The molecule has 1 atom stereocenters. The highest BCUT2D eigenvalue weighted by Gasteiger charge is 2.17. The molecule has 0 saturated heterocycles. The van der Waals surface area contributed by atoms with Crippen molar-refractivity contribution in [2.45, 2.75) is 26.7 Å². The Bertz CT molecular complexity index is 172. The summed E-state index contributed by atoms with van der Waals surface area (Å²) in [5, 5.41) is 0. The summed E-state index contributed by atoms with van der Waals surface area (Å²) in [5.41, 5.74) is 0. The van der Waals surface area contributed by atoms with Crippen LogP contribution in [0.2, 0.25) is 0 Å². The van der Waals surface area contributed by atoms with Crippen LogP contribution < -0.4 is 0 Å². The lowest BCUT2D eigenvalue weighted by atomic mass is 9.89. The van der Waals surface area contributed by atoms with Gasteiger partial charge in [-0.2, -0.15) is 0 Å². The maximum Gasteiger partial charge on any atom is 0.173 e. The van der Waals surface area contributed by atoms with Gasteiger partial charge in [0.15, 0.2) is 5.78 Å². The fourth-order valence-corrected chi connectivity index (χ4v) is 1.39. The van der Waals surface area contributed by atoms with Gasteiger partial charge in [0.25, 0.3) is 0 Å². The van der Waals surface area contributed by atoms with Crippen molar-refractivity contribution in [3.05, 3.63) is 0 Å². The van der Waals surface area contributed by atoms with Crippen LogP contribution in [0.5, 0.6) is 0 Å². The van der Waals surface area contributed by atoms with E-state index >= 15 is 0 Å². The van der Waals surface area contributed by atoms with Crippen LogP contribution in [0.25, 0.3) is 0 Å². The monoisotopic (exact) mass is 153 g/mol. The van der Waals surface area contributed by atoms with Crippen LogP contribution in [-0.2, 0) is 4.79 Å². The zero-order chi connectivity index (χ0) is 8.27. The Labute approximate surface area is 67.7 Å². The molecule has 1 aliphatic heterocycles. The van der Waals surface area contributed by atoms with Crippen LogP contribution in [0.4, 0.5) is 0 Å². The molecular formula is C9H15NO. The Morgan fingerprint density at radius 1 is 1.64 bits per heavy atom. The van der Waals surface area contributed by atoms with Gasteiger partial charge in [0.2, 0.25) is 0 Å². The summed E-state index contributed by atoms with van der Waals surface area (Å²) in [7, 11) is 0. The predicted molar refractivity (Wildman–Crippen MR) is 45.9 cm³/mol. The molecule has 1 heterocycles. The maximum atomic E-state index is 11.0. The van der Waals surface area contributed by atoms with E-state index in [9.17, 15) is 4.79 Å². The first-order chi connectivity index (χ1) is 5.20. The summed E-state index contributed by atoms with van der Waals surface area (Å²) >= 11 is 0. The topological polar surface area (TPSA) is 29.4 Å². The highest BCUT2D eigenvalue weighted by Crippen LogP contribution is 2.20. The van der Waals surface area contributed by atoms with E-state index in [-0.39, 0.29) is 5.78 Å². The molecule has 1 unspecified atom stereocenters. The Hall–Kier alpha value is -0.660. The third kappa shape index (κ3) is 2.45. The van der Waals surface area contributed by atoms with E-state index in [1.54, 1.807) is 0 Å². The van der Waals surface area contributed by atoms with Crippen molar-refractivity contribution in [1.29, 1.82) is 0 Å². The van der Waals surface area contributed by atoms with Crippen LogP contribution in [0.3, 0.4) is 0 Å². The van der Waals surface area contributed by atoms with Gasteiger partial charge >= 0.3 is 0 Å². The Morgan fingerprint density at radius 3 is 3.00 bits per heavy atom. The quantitative estimate of drug-likeness (QED) is 0.563. The molecule has 2 heteroatoms. The normalized spacial score (nSPS) is 25.7. The SMILES string of the molecule is CC(C)C1CCN=CC(=O)C1. The smallest absolute Gasteiger partial charge is 0.173 e. The van der Waals surface area contributed by atoms with Gasteiger partial charge in [-0.25, -0.2) is 0 Å². The average Bonchev–Trinajstić information content (AvgIpc) is 2.13. The highest BCUT2D eigenvalue weighted by molar-refractivity contribution is 6.27. The summed E-state index contributed by atoms with van der Waals surface area (Å²) in [6, 6.07) is 0. The lowest BCUT2D eigenvalue weighted by Crippen LogP contribution is -2.13. The van der Waals surface area contributed by atoms with Crippen molar-refractivity contribution in [1.82, 2.24) is 0 Å². The van der Waals surface area contributed by atoms with Gasteiger partial charge in [-0.1, -0.05) is 13.8 Å². The summed E-state index contributed by atoms with van der Waals surface area (Å²) in [6.07, 6.45) is 3.25. The first kappa shape index (κ1) is 8.44. The molecule has 1 aliphatic rings. The van der Waals surface area contributed by atoms with Gasteiger partial charge < -0.3 is 0 Å². The molecule has 0 amide bonds. The molecule has 0 aliphatic carbocycles. The van der Waals surface area contributed by atoms with E-state index in [1.807, 2.05) is 0 Å². The summed E-state index contributed by atoms with van der Waals surface area (Å²) in [6.45, 7) is 5.17. The van der Waals surface area contributed by atoms with E-state index in [0.717, 1.165) is 13.0 Å². The first-order valence-corrected chi connectivity index (χ1v) is 4.23. The van der Waals surface area contributed by atoms with Gasteiger partial charge in [-0.15, -0.1) is 0 Å². The fraction of sp³-hybridized carbons (Fsp3) is 0.778. The molecule has 0 fully saturated rings. The predicted octanol–water partition coefficient (Wildman–Crippen LogP) is 1.69. The summed E-state index contributed by atoms with van der Waals surface area (Å²) in [4.78, 5) is 15.1. The van der Waals surface area contributed by atoms with Crippen LogP contribution in [0.1, 0.15) is 26.7 Å². The fourth-order valence-electron chi connectivity index (χ4n) is 1.39. The van der Waals surface area contributed by atoms with Crippen LogP contribution in [-0.4, -0.2) is 18.5 Å². The number of carbonyl (C=O) groups is 1. The van der Waals surface area contributed by atoms with Crippen molar-refractivity contribution in [2.75, 3.05) is 6.54 Å². The molecule has 0 saturated carbocycles. The molecule has 0 aromatic heterocycles. The zero-order valence-electron chi connectivity index (χ0n) is 7.21. The Kier molecular flexibility index (Phi) is 2.80. The molecule has 11 heavy (non-hydrogen) atoms. The van der Waals surface area contributed by atoms with Crippen LogP contribution in [0.15, 0.2) is 4.99 Å². The minimum absolute atomic E-state index is 0.196. The van der Waals surface area contributed by atoms with E-state index in [2.05, 4.69) is 18.8 Å². The van der Waals surface area contributed by atoms with Gasteiger partial charge in [-0.3, -0.25) is 9.79 Å². The number of hydrogen-bond donors (Lipinski definition) is 0. The summed E-state index contributed by atoms with van der Waals surface area (Å²) < 4.78 is 0. The van der Waals surface area contributed by atoms with Gasteiger partial charge in [-0.05, 0) is 18.3 Å². The van der Waals surface area contributed by atoms with E-state index < -0.39 is 0 Å². The second-order valence-electron chi connectivity index (χ2n) is 3.50. The first-order valence-electron chi connectivity index (χ1n) is 4.23. The average molecular weight is 153 g/mol. The van der Waals surface area contributed by atoms with Crippen LogP contribution in [0, 0.1) is 11.8 Å². The third-order valence-electron chi connectivity index (χ3n) is 2.27. The van der Waals surface area contributed by atoms with Crippen molar-refractivity contribution >= 4 is 12.0 Å². The molecule has 0 radical (unpaired) electrons. The minimum atomic E-state index is 0.196. The van der Waals surface area contributed by atoms with Crippen molar-refractivity contribution in [3.8, 4) is 0 Å². The Morgan fingerprint density at radius 2 is 2.36 bits per heavy atom. The van der Waals surface area contributed by atoms with Crippen molar-refractivity contribution in [3.63, 3.8) is 0 Å². The molecule has 1 rings (SSSR count). The molecule has 0 N–H and O–H groups in total. The largest absolute Gasteiger partial charge is 0.293 e. The zero-order valence-corrected chi connectivity index (χ0v) is 7.21. The second-order valence-corrected chi connectivity index (χ2v) is 3.50. The highest BCUT2D eigenvalue weighted by atomic mass is 16.1. The third-order valence-corrected chi connectivity index (χ3v) is 2.27. The number of aliphatic imine (C=N–C) groups is 1. The standard InChI is InChI=1S/C9H15NO/c1-7(2)8-3-4-10-6-9(11)5-8/h6-8H,3-5H2,1-2H3. The van der Waals surface area contributed by atoms with Crippen molar-refractivity contribution < 1.29 is 4.79 Å². The number of hydrogen-bond acceptors (Lipinski definition) is 2. The van der Waals surface area contributed by atoms with E-state index in [0.29, 0.717) is 18.3 Å².